The van der Waals surface area contributed by atoms with Crippen LogP contribution in [0.15, 0.2) is 24.3 Å². The van der Waals surface area contributed by atoms with Gasteiger partial charge in [0.15, 0.2) is 0 Å². The first-order valence-electron chi connectivity index (χ1n) is 7.63. The molecule has 0 saturated carbocycles. The van der Waals surface area contributed by atoms with E-state index in [-0.39, 0.29) is 0 Å². The summed E-state index contributed by atoms with van der Waals surface area (Å²) in [4.78, 5) is 0. The Bertz CT molecular complexity index is 639. The van der Waals surface area contributed by atoms with Crippen LogP contribution < -0.4 is 0 Å². The van der Waals surface area contributed by atoms with Crippen LogP contribution in [0.25, 0.3) is 0 Å². The molecule has 0 aromatic heterocycles. The van der Waals surface area contributed by atoms with Crippen molar-refractivity contribution in [3.8, 4) is 0 Å². The maximum atomic E-state index is 10.8. The second-order valence-corrected chi connectivity index (χ2v) is 6.25. The minimum Gasteiger partial charge on any atom is -0.388 e. The molecule has 1 nitrogen and oxygen atoms in total. The number of hydrogen-bond donors (Lipinski definition) is 1. The Morgan fingerprint density at radius 1 is 0.810 bits per heavy atom. The molecule has 2 aromatic rings. The van der Waals surface area contributed by atoms with Gasteiger partial charge in [-0.3, -0.25) is 0 Å². The number of benzene rings is 2. The van der Waals surface area contributed by atoms with Crippen molar-refractivity contribution in [3.63, 3.8) is 0 Å². The van der Waals surface area contributed by atoms with Gasteiger partial charge in [-0.25, -0.2) is 0 Å². The van der Waals surface area contributed by atoms with Crippen molar-refractivity contribution in [2.45, 2.75) is 54.1 Å². The fourth-order valence-corrected chi connectivity index (χ4v) is 3.19. The Morgan fingerprint density at radius 3 is 1.86 bits per heavy atom. The molecule has 0 aliphatic rings. The zero-order valence-corrected chi connectivity index (χ0v) is 14.0. The van der Waals surface area contributed by atoms with Crippen LogP contribution in [-0.2, 0) is 6.42 Å². The maximum Gasteiger partial charge on any atom is 0.0835 e. The number of rotatable bonds is 3. The van der Waals surface area contributed by atoms with Gasteiger partial charge in [-0.1, -0.05) is 29.8 Å². The molecule has 1 unspecified atom stereocenters. The third-order valence-corrected chi connectivity index (χ3v) is 4.90. The normalized spacial score (nSPS) is 12.5. The molecule has 1 N–H and O–H groups in total. The van der Waals surface area contributed by atoms with E-state index in [2.05, 4.69) is 65.8 Å². The van der Waals surface area contributed by atoms with Crippen molar-refractivity contribution in [1.82, 2.24) is 0 Å². The van der Waals surface area contributed by atoms with Crippen molar-refractivity contribution in [3.05, 3.63) is 68.8 Å². The van der Waals surface area contributed by atoms with Crippen LogP contribution in [0.3, 0.4) is 0 Å². The number of aliphatic hydroxyl groups excluding tert-OH is 1. The molecule has 0 aliphatic carbocycles. The molecule has 1 heteroatoms. The molecular formula is C20H26O. The standard InChI is InChI=1S/C20H26O/c1-12-8-7-9-18(10-12)11-19(21)20-16(5)14(3)13(2)15(4)17(20)6/h7-10,19,21H,11H2,1-6H3. The van der Waals surface area contributed by atoms with Gasteiger partial charge >= 0.3 is 0 Å². The third-order valence-electron chi connectivity index (χ3n) is 4.90. The summed E-state index contributed by atoms with van der Waals surface area (Å²) in [5, 5.41) is 10.8. The van der Waals surface area contributed by atoms with Gasteiger partial charge in [0.1, 0.15) is 0 Å². The molecule has 0 amide bonds. The SMILES string of the molecule is Cc1cccc(CC(O)c2c(C)c(C)c(C)c(C)c2C)c1. The maximum absolute atomic E-state index is 10.8. The summed E-state index contributed by atoms with van der Waals surface area (Å²) in [5.41, 5.74) is 9.95. The lowest BCUT2D eigenvalue weighted by Crippen LogP contribution is -2.10. The lowest BCUT2D eigenvalue weighted by Gasteiger charge is -2.22. The first kappa shape index (κ1) is 15.8. The average Bonchev–Trinajstić information content (AvgIpc) is 2.43. The predicted molar refractivity (Wildman–Crippen MR) is 90.0 cm³/mol. The molecule has 0 heterocycles. The quantitative estimate of drug-likeness (QED) is 0.856. The molecule has 0 bridgehead atoms. The molecule has 2 rings (SSSR count). The fourth-order valence-electron chi connectivity index (χ4n) is 3.19. The van der Waals surface area contributed by atoms with E-state index in [1.807, 2.05) is 0 Å². The predicted octanol–water partition coefficient (Wildman–Crippen LogP) is 4.81. The minimum atomic E-state index is -0.440. The molecule has 0 spiro atoms. The Morgan fingerprint density at radius 2 is 1.33 bits per heavy atom. The first-order valence-corrected chi connectivity index (χ1v) is 7.63. The van der Waals surface area contributed by atoms with Crippen LogP contribution in [-0.4, -0.2) is 5.11 Å². The molecule has 1 atom stereocenters. The molecule has 0 fully saturated rings. The minimum absolute atomic E-state index is 0.440. The summed E-state index contributed by atoms with van der Waals surface area (Å²) in [5.74, 6) is 0. The summed E-state index contributed by atoms with van der Waals surface area (Å²) < 4.78 is 0. The molecule has 0 saturated heterocycles. The van der Waals surface area contributed by atoms with Crippen LogP contribution >= 0.6 is 0 Å². The molecule has 2 aromatic carbocycles. The van der Waals surface area contributed by atoms with E-state index >= 15 is 0 Å². The first-order chi connectivity index (χ1) is 9.82. The summed E-state index contributed by atoms with van der Waals surface area (Å²) >= 11 is 0. The second-order valence-electron chi connectivity index (χ2n) is 6.25. The van der Waals surface area contributed by atoms with Gasteiger partial charge in [0, 0.05) is 6.42 Å². The van der Waals surface area contributed by atoms with Crippen LogP contribution in [0.1, 0.15) is 50.6 Å². The topological polar surface area (TPSA) is 20.2 Å². The smallest absolute Gasteiger partial charge is 0.0835 e. The monoisotopic (exact) mass is 282 g/mol. The number of aryl methyl sites for hydroxylation is 1. The fraction of sp³-hybridized carbons (Fsp3) is 0.400. The van der Waals surface area contributed by atoms with E-state index in [9.17, 15) is 5.11 Å². The summed E-state index contributed by atoms with van der Waals surface area (Å²) in [6.07, 6.45) is 0.232. The van der Waals surface area contributed by atoms with Gasteiger partial charge in [0.25, 0.3) is 0 Å². The summed E-state index contributed by atoms with van der Waals surface area (Å²) in [7, 11) is 0. The molecular weight excluding hydrogens is 256 g/mol. The van der Waals surface area contributed by atoms with Crippen molar-refractivity contribution < 1.29 is 5.11 Å². The van der Waals surface area contributed by atoms with E-state index in [0.717, 1.165) is 5.56 Å². The van der Waals surface area contributed by atoms with Gasteiger partial charge in [-0.15, -0.1) is 0 Å². The number of aliphatic hydroxyl groups is 1. The highest BCUT2D eigenvalue weighted by molar-refractivity contribution is 5.50. The van der Waals surface area contributed by atoms with Crippen LogP contribution in [0.4, 0.5) is 0 Å². The Labute approximate surface area is 128 Å². The van der Waals surface area contributed by atoms with Crippen LogP contribution in [0, 0.1) is 41.5 Å². The molecule has 21 heavy (non-hydrogen) atoms. The highest BCUT2D eigenvalue weighted by Crippen LogP contribution is 2.32. The van der Waals surface area contributed by atoms with Gasteiger partial charge in [-0.2, -0.15) is 0 Å². The van der Waals surface area contributed by atoms with Gasteiger partial charge < -0.3 is 5.11 Å². The van der Waals surface area contributed by atoms with Crippen LogP contribution in [0.2, 0.25) is 0 Å². The molecule has 112 valence electrons. The second kappa shape index (κ2) is 6.03. The Kier molecular flexibility index (Phi) is 4.53. The lowest BCUT2D eigenvalue weighted by atomic mass is 9.85. The van der Waals surface area contributed by atoms with Crippen LogP contribution in [0.5, 0.6) is 0 Å². The van der Waals surface area contributed by atoms with Gasteiger partial charge in [0.05, 0.1) is 6.10 Å². The molecule has 0 radical (unpaired) electrons. The lowest BCUT2D eigenvalue weighted by molar-refractivity contribution is 0.177. The zero-order valence-electron chi connectivity index (χ0n) is 14.0. The largest absolute Gasteiger partial charge is 0.388 e. The van der Waals surface area contributed by atoms with Crippen molar-refractivity contribution >= 4 is 0 Å². The Balaban J connectivity index is 2.42. The van der Waals surface area contributed by atoms with E-state index in [1.165, 1.54) is 38.9 Å². The Hall–Kier alpha value is -1.60. The number of hydrogen-bond acceptors (Lipinski definition) is 1. The van der Waals surface area contributed by atoms with E-state index in [4.69, 9.17) is 0 Å². The van der Waals surface area contributed by atoms with Crippen molar-refractivity contribution in [2.75, 3.05) is 0 Å². The van der Waals surface area contributed by atoms with Crippen molar-refractivity contribution in [2.24, 2.45) is 0 Å². The van der Waals surface area contributed by atoms with E-state index in [1.54, 1.807) is 0 Å². The van der Waals surface area contributed by atoms with Gasteiger partial charge in [-0.05, 0) is 80.5 Å². The summed E-state index contributed by atoms with van der Waals surface area (Å²) in [6, 6.07) is 8.39. The molecule has 0 aliphatic heterocycles. The van der Waals surface area contributed by atoms with Gasteiger partial charge in [0.2, 0.25) is 0 Å². The highest BCUT2D eigenvalue weighted by Gasteiger charge is 2.18. The highest BCUT2D eigenvalue weighted by atomic mass is 16.3. The van der Waals surface area contributed by atoms with Crippen molar-refractivity contribution in [1.29, 1.82) is 0 Å². The third kappa shape index (κ3) is 3.03. The van der Waals surface area contributed by atoms with E-state index in [0.29, 0.717) is 6.42 Å². The van der Waals surface area contributed by atoms with E-state index < -0.39 is 6.10 Å². The summed E-state index contributed by atoms with van der Waals surface area (Å²) in [6.45, 7) is 12.8. The average molecular weight is 282 g/mol. The zero-order chi connectivity index (χ0) is 15.7.